The lowest BCUT2D eigenvalue weighted by atomic mass is 10.2. The largest absolute Gasteiger partial charge is 0.330 e. The third-order valence-corrected chi connectivity index (χ3v) is 5.76. The molecule has 3 aromatic rings. The number of hydrogen-bond donors (Lipinski definition) is 2. The monoisotopic (exact) mass is 424 g/mol. The fourth-order valence-corrected chi connectivity index (χ4v) is 4.01. The van der Waals surface area contributed by atoms with Gasteiger partial charge in [0, 0.05) is 10.7 Å². The molecule has 0 fully saturated rings. The van der Waals surface area contributed by atoms with Crippen LogP contribution in [0.5, 0.6) is 0 Å². The summed E-state index contributed by atoms with van der Waals surface area (Å²) in [6.07, 6.45) is 0. The minimum Gasteiger partial charge on any atom is -0.330 e. The third-order valence-electron chi connectivity index (χ3n) is 3.24. The van der Waals surface area contributed by atoms with Gasteiger partial charge < -0.3 is 10.6 Å². The van der Waals surface area contributed by atoms with E-state index in [0.717, 1.165) is 5.69 Å². The van der Waals surface area contributed by atoms with Gasteiger partial charge in [-0.25, -0.2) is 0 Å². The molecule has 2 N–H and O–H groups in total. The van der Waals surface area contributed by atoms with Crippen molar-refractivity contribution < 1.29 is 4.79 Å². The molecule has 5 nitrogen and oxygen atoms in total. The van der Waals surface area contributed by atoms with E-state index in [0.29, 0.717) is 25.2 Å². The Morgan fingerprint density at radius 1 is 1.15 bits per heavy atom. The van der Waals surface area contributed by atoms with Crippen LogP contribution in [0.4, 0.5) is 16.5 Å². The van der Waals surface area contributed by atoms with E-state index >= 15 is 0 Å². The number of anilines is 3. The second-order valence-corrected chi connectivity index (χ2v) is 8.37. The van der Waals surface area contributed by atoms with Crippen LogP contribution in [0.2, 0.25) is 10.0 Å². The first-order valence-corrected chi connectivity index (χ1v) is 10.1. The normalized spacial score (nSPS) is 10.6. The lowest BCUT2D eigenvalue weighted by Gasteiger charge is -2.06. The average molecular weight is 425 g/mol. The van der Waals surface area contributed by atoms with E-state index in [1.54, 1.807) is 18.2 Å². The van der Waals surface area contributed by atoms with Crippen molar-refractivity contribution in [3.8, 4) is 0 Å². The highest BCUT2D eigenvalue weighted by atomic mass is 35.5. The fourth-order valence-electron chi connectivity index (χ4n) is 1.98. The number of thioether (sulfide) groups is 1. The molecule has 0 saturated heterocycles. The van der Waals surface area contributed by atoms with Gasteiger partial charge in [-0.05, 0) is 37.3 Å². The van der Waals surface area contributed by atoms with Crippen molar-refractivity contribution in [2.75, 3.05) is 16.4 Å². The smallest absolute Gasteiger partial charge is 0.234 e. The summed E-state index contributed by atoms with van der Waals surface area (Å²) in [7, 11) is 0. The van der Waals surface area contributed by atoms with Gasteiger partial charge in [0.1, 0.15) is 0 Å². The number of aromatic nitrogens is 2. The van der Waals surface area contributed by atoms with E-state index in [1.165, 1.54) is 28.7 Å². The van der Waals surface area contributed by atoms with Crippen molar-refractivity contribution in [1.82, 2.24) is 10.2 Å². The molecule has 1 heterocycles. The molecule has 2 aromatic carbocycles. The number of carbonyl (C=O) groups excluding carboxylic acids is 1. The van der Waals surface area contributed by atoms with E-state index in [4.69, 9.17) is 23.2 Å². The summed E-state index contributed by atoms with van der Waals surface area (Å²) >= 11 is 14.6. The second-order valence-electron chi connectivity index (χ2n) is 5.33. The zero-order valence-corrected chi connectivity index (χ0v) is 16.8. The molecule has 0 spiro atoms. The van der Waals surface area contributed by atoms with Crippen molar-refractivity contribution in [1.29, 1.82) is 0 Å². The second kappa shape index (κ2) is 8.73. The molecule has 0 radical (unpaired) electrons. The Hall–Kier alpha value is -1.80. The molecule has 0 aliphatic heterocycles. The number of nitrogens with zero attached hydrogens (tertiary/aromatic N) is 2. The highest BCUT2D eigenvalue weighted by molar-refractivity contribution is 8.01. The van der Waals surface area contributed by atoms with Gasteiger partial charge in [0.05, 0.1) is 16.5 Å². The van der Waals surface area contributed by atoms with Crippen molar-refractivity contribution in [2.24, 2.45) is 0 Å². The zero-order chi connectivity index (χ0) is 18.5. The van der Waals surface area contributed by atoms with Gasteiger partial charge in [-0.15, -0.1) is 10.2 Å². The number of rotatable bonds is 6. The summed E-state index contributed by atoms with van der Waals surface area (Å²) in [5.41, 5.74) is 2.66. The Morgan fingerprint density at radius 2 is 1.92 bits per heavy atom. The van der Waals surface area contributed by atoms with Crippen LogP contribution in [0, 0.1) is 6.92 Å². The van der Waals surface area contributed by atoms with E-state index in [1.807, 2.05) is 31.2 Å². The van der Waals surface area contributed by atoms with Gasteiger partial charge in [-0.1, -0.05) is 64.0 Å². The third kappa shape index (κ3) is 5.35. The molecule has 0 saturated carbocycles. The number of halogens is 2. The number of amides is 1. The van der Waals surface area contributed by atoms with E-state index in [2.05, 4.69) is 20.8 Å². The van der Waals surface area contributed by atoms with E-state index in [9.17, 15) is 4.79 Å². The molecule has 0 aliphatic rings. The lowest BCUT2D eigenvalue weighted by molar-refractivity contribution is -0.113. The number of nitrogens with one attached hydrogen (secondary N) is 2. The molecule has 0 atom stereocenters. The van der Waals surface area contributed by atoms with Gasteiger partial charge in [-0.2, -0.15) is 0 Å². The van der Waals surface area contributed by atoms with Crippen LogP contribution < -0.4 is 10.6 Å². The van der Waals surface area contributed by atoms with Crippen molar-refractivity contribution >= 4 is 68.7 Å². The summed E-state index contributed by atoms with van der Waals surface area (Å²) in [6.45, 7) is 2.03. The quantitative estimate of drug-likeness (QED) is 0.501. The summed E-state index contributed by atoms with van der Waals surface area (Å²) in [5.74, 6) is 0.0282. The van der Waals surface area contributed by atoms with Crippen LogP contribution in [0.15, 0.2) is 46.8 Å². The minimum absolute atomic E-state index is 0.178. The van der Waals surface area contributed by atoms with Crippen molar-refractivity contribution in [3.63, 3.8) is 0 Å². The van der Waals surface area contributed by atoms with Crippen LogP contribution in [-0.2, 0) is 4.79 Å². The van der Waals surface area contributed by atoms with Crippen LogP contribution in [-0.4, -0.2) is 21.9 Å². The summed E-state index contributed by atoms with van der Waals surface area (Å²) < 4.78 is 0.706. The molecule has 26 heavy (non-hydrogen) atoms. The first-order chi connectivity index (χ1) is 12.5. The summed E-state index contributed by atoms with van der Waals surface area (Å²) in [4.78, 5) is 12.1. The summed E-state index contributed by atoms with van der Waals surface area (Å²) in [6, 6.07) is 12.9. The van der Waals surface area contributed by atoms with Crippen LogP contribution >= 0.6 is 46.3 Å². The Kier molecular flexibility index (Phi) is 6.37. The van der Waals surface area contributed by atoms with Gasteiger partial charge in [0.25, 0.3) is 0 Å². The van der Waals surface area contributed by atoms with Crippen molar-refractivity contribution in [2.45, 2.75) is 11.3 Å². The van der Waals surface area contributed by atoms with Crippen LogP contribution in [0.3, 0.4) is 0 Å². The lowest BCUT2D eigenvalue weighted by Crippen LogP contribution is -2.14. The van der Waals surface area contributed by atoms with Gasteiger partial charge >= 0.3 is 0 Å². The zero-order valence-electron chi connectivity index (χ0n) is 13.6. The number of aryl methyl sites for hydroxylation is 1. The molecule has 1 amide bonds. The predicted octanol–water partition coefficient (Wildman–Crippen LogP) is 5.63. The average Bonchev–Trinajstić information content (AvgIpc) is 3.05. The highest BCUT2D eigenvalue weighted by Crippen LogP contribution is 2.29. The maximum absolute atomic E-state index is 12.1. The SMILES string of the molecule is Cc1ccc(Nc2nnc(SCC(=O)Nc3ccc(Cl)cc3Cl)s2)cc1. The summed E-state index contributed by atoms with van der Waals surface area (Å²) in [5, 5.41) is 15.7. The predicted molar refractivity (Wildman–Crippen MR) is 110 cm³/mol. The first-order valence-electron chi connectivity index (χ1n) is 7.54. The molecule has 1 aromatic heterocycles. The van der Waals surface area contributed by atoms with Gasteiger partial charge in [-0.3, -0.25) is 4.79 Å². The number of benzene rings is 2. The van der Waals surface area contributed by atoms with E-state index in [-0.39, 0.29) is 11.7 Å². The molecule has 134 valence electrons. The molecule has 0 bridgehead atoms. The van der Waals surface area contributed by atoms with Gasteiger partial charge in [0.15, 0.2) is 4.34 Å². The Morgan fingerprint density at radius 3 is 2.65 bits per heavy atom. The van der Waals surface area contributed by atoms with E-state index < -0.39 is 0 Å². The standard InChI is InChI=1S/C17H14Cl2N4OS2/c1-10-2-5-12(6-3-10)20-16-22-23-17(26-16)25-9-15(24)21-14-7-4-11(18)8-13(14)19/h2-8H,9H2,1H3,(H,20,22)(H,21,24). The number of carbonyl (C=O) groups is 1. The molecular weight excluding hydrogens is 411 g/mol. The van der Waals surface area contributed by atoms with Gasteiger partial charge in [0.2, 0.25) is 11.0 Å². The molecule has 0 aliphatic carbocycles. The van der Waals surface area contributed by atoms with Crippen LogP contribution in [0.25, 0.3) is 0 Å². The number of hydrogen-bond acceptors (Lipinski definition) is 6. The molecular formula is C17H14Cl2N4OS2. The Bertz CT molecular complexity index is 915. The topological polar surface area (TPSA) is 66.9 Å². The Balaban J connectivity index is 1.52. The highest BCUT2D eigenvalue weighted by Gasteiger charge is 2.10. The Labute approximate surface area is 169 Å². The fraction of sp³-hybridized carbons (Fsp3) is 0.118. The maximum Gasteiger partial charge on any atom is 0.234 e. The first kappa shape index (κ1) is 19.0. The minimum atomic E-state index is -0.178. The molecule has 3 rings (SSSR count). The maximum atomic E-state index is 12.1. The van der Waals surface area contributed by atoms with Crippen molar-refractivity contribution in [3.05, 3.63) is 58.1 Å². The molecule has 9 heteroatoms. The van der Waals surface area contributed by atoms with Crippen LogP contribution in [0.1, 0.15) is 5.56 Å². The molecule has 0 unspecified atom stereocenters.